The second-order valence-electron chi connectivity index (χ2n) is 4.94. The molecule has 8 nitrogen and oxygen atoms in total. The minimum absolute atomic E-state index is 0.129. The van der Waals surface area contributed by atoms with Crippen molar-refractivity contribution in [3.63, 3.8) is 0 Å². The van der Waals surface area contributed by atoms with Crippen LogP contribution in [-0.4, -0.2) is 62.9 Å². The van der Waals surface area contributed by atoms with Gasteiger partial charge in [0.2, 0.25) is 0 Å². The highest BCUT2D eigenvalue weighted by Gasteiger charge is 2.35. The van der Waals surface area contributed by atoms with Crippen molar-refractivity contribution in [1.29, 1.82) is 0 Å². The lowest BCUT2D eigenvalue weighted by molar-refractivity contribution is -0.140. The lowest BCUT2D eigenvalue weighted by Crippen LogP contribution is -2.48. The fourth-order valence-corrected chi connectivity index (χ4v) is 1.88. The van der Waals surface area contributed by atoms with Gasteiger partial charge in [0.05, 0.1) is 12.1 Å². The van der Waals surface area contributed by atoms with Crippen LogP contribution in [0.3, 0.4) is 0 Å². The van der Waals surface area contributed by atoms with Gasteiger partial charge in [-0.25, -0.2) is 9.59 Å². The molecular weight excluding hydrogens is 256 g/mol. The normalized spacial score (nSPS) is 24.0. The highest BCUT2D eigenvalue weighted by molar-refractivity contribution is 5.83. The second kappa shape index (κ2) is 5.87. The maximum Gasteiger partial charge on any atom is 0.326 e. The standard InChI is InChI=1S/C11H18N2O6/c1-11(19)4-5-13(6-11)10(18)12-7(9(16)17)2-3-8(14)15/h7,19H,2-6H2,1H3,(H,12,18)(H,14,15)(H,16,17). The molecule has 0 aromatic rings. The molecule has 1 aliphatic heterocycles. The molecule has 8 heteroatoms. The third-order valence-electron chi connectivity index (χ3n) is 2.98. The van der Waals surface area contributed by atoms with E-state index in [0.29, 0.717) is 13.0 Å². The number of hydrogen-bond acceptors (Lipinski definition) is 4. The summed E-state index contributed by atoms with van der Waals surface area (Å²) < 4.78 is 0. The van der Waals surface area contributed by atoms with Gasteiger partial charge in [-0.05, 0) is 19.8 Å². The molecule has 1 saturated heterocycles. The number of carboxylic acids is 2. The summed E-state index contributed by atoms with van der Waals surface area (Å²) >= 11 is 0. The summed E-state index contributed by atoms with van der Waals surface area (Å²) in [5.41, 5.74) is -0.961. The van der Waals surface area contributed by atoms with Gasteiger partial charge in [0.1, 0.15) is 6.04 Å². The number of carbonyl (C=O) groups excluding carboxylic acids is 1. The number of aliphatic hydroxyl groups is 1. The third kappa shape index (κ3) is 4.74. The fourth-order valence-electron chi connectivity index (χ4n) is 1.88. The van der Waals surface area contributed by atoms with Crippen LogP contribution in [0.5, 0.6) is 0 Å². The Morgan fingerprint density at radius 3 is 2.42 bits per heavy atom. The first-order valence-corrected chi connectivity index (χ1v) is 5.94. The van der Waals surface area contributed by atoms with Gasteiger partial charge in [0.15, 0.2) is 0 Å². The monoisotopic (exact) mass is 274 g/mol. The zero-order valence-electron chi connectivity index (χ0n) is 10.6. The maximum atomic E-state index is 11.8. The van der Waals surface area contributed by atoms with Crippen LogP contribution in [0.1, 0.15) is 26.2 Å². The van der Waals surface area contributed by atoms with Crippen LogP contribution in [0.4, 0.5) is 4.79 Å². The predicted octanol–water partition coefficient (Wildman–Crippen LogP) is -0.529. The van der Waals surface area contributed by atoms with Gasteiger partial charge >= 0.3 is 18.0 Å². The molecule has 19 heavy (non-hydrogen) atoms. The third-order valence-corrected chi connectivity index (χ3v) is 2.98. The van der Waals surface area contributed by atoms with E-state index in [0.717, 1.165) is 0 Å². The molecule has 2 unspecified atom stereocenters. The van der Waals surface area contributed by atoms with Crippen molar-refractivity contribution in [2.45, 2.75) is 37.8 Å². The van der Waals surface area contributed by atoms with Crippen LogP contribution in [0, 0.1) is 0 Å². The first-order chi connectivity index (χ1) is 8.71. The molecular formula is C11H18N2O6. The van der Waals surface area contributed by atoms with Gasteiger partial charge in [-0.15, -0.1) is 0 Å². The van der Waals surface area contributed by atoms with Gasteiger partial charge in [0.25, 0.3) is 0 Å². The largest absolute Gasteiger partial charge is 0.481 e. The average Bonchev–Trinajstić information content (AvgIpc) is 2.64. The first kappa shape index (κ1) is 15.2. The Morgan fingerprint density at radius 2 is 2.00 bits per heavy atom. The Kier molecular flexibility index (Phi) is 4.71. The van der Waals surface area contributed by atoms with Crippen molar-refractivity contribution < 1.29 is 29.7 Å². The van der Waals surface area contributed by atoms with E-state index in [1.165, 1.54) is 4.90 Å². The maximum absolute atomic E-state index is 11.8. The van der Waals surface area contributed by atoms with E-state index < -0.39 is 29.6 Å². The Labute approximate surface area is 110 Å². The van der Waals surface area contributed by atoms with Crippen molar-refractivity contribution in [2.75, 3.05) is 13.1 Å². The van der Waals surface area contributed by atoms with Crippen molar-refractivity contribution in [3.8, 4) is 0 Å². The van der Waals surface area contributed by atoms with E-state index in [-0.39, 0.29) is 19.4 Å². The molecule has 1 heterocycles. The van der Waals surface area contributed by atoms with Crippen molar-refractivity contribution >= 4 is 18.0 Å². The molecule has 0 aromatic carbocycles. The SMILES string of the molecule is CC1(O)CCN(C(=O)NC(CCC(=O)O)C(=O)O)C1. The number of likely N-dealkylation sites (tertiary alicyclic amines) is 1. The molecule has 1 fully saturated rings. The topological polar surface area (TPSA) is 127 Å². The van der Waals surface area contributed by atoms with E-state index in [1.54, 1.807) is 6.92 Å². The summed E-state index contributed by atoms with van der Waals surface area (Å²) in [5.74, 6) is -2.40. The van der Waals surface area contributed by atoms with Crippen molar-refractivity contribution in [3.05, 3.63) is 0 Å². The molecule has 108 valence electrons. The van der Waals surface area contributed by atoms with E-state index in [2.05, 4.69) is 5.32 Å². The van der Waals surface area contributed by atoms with E-state index in [1.807, 2.05) is 0 Å². The lowest BCUT2D eigenvalue weighted by atomic mass is 10.1. The van der Waals surface area contributed by atoms with E-state index in [4.69, 9.17) is 10.2 Å². The molecule has 2 amide bonds. The van der Waals surface area contributed by atoms with E-state index >= 15 is 0 Å². The minimum Gasteiger partial charge on any atom is -0.481 e. The highest BCUT2D eigenvalue weighted by atomic mass is 16.4. The average molecular weight is 274 g/mol. The molecule has 0 aromatic heterocycles. The Hall–Kier alpha value is -1.83. The van der Waals surface area contributed by atoms with Gasteiger partial charge in [-0.1, -0.05) is 0 Å². The molecule has 2 atom stereocenters. The lowest BCUT2D eigenvalue weighted by Gasteiger charge is -2.22. The molecule has 0 aliphatic carbocycles. The minimum atomic E-state index is -1.28. The number of carbonyl (C=O) groups is 3. The summed E-state index contributed by atoms with van der Waals surface area (Å²) in [7, 11) is 0. The summed E-state index contributed by atoms with van der Waals surface area (Å²) in [6.07, 6.45) is -0.0944. The molecule has 4 N–H and O–H groups in total. The molecule has 0 spiro atoms. The number of β-amino-alcohol motifs (C(OH)–C–C–N with tert-alkyl or cyclic N) is 1. The predicted molar refractivity (Wildman–Crippen MR) is 63.6 cm³/mol. The number of rotatable bonds is 5. The molecule has 0 radical (unpaired) electrons. The number of amides is 2. The van der Waals surface area contributed by atoms with Crippen LogP contribution < -0.4 is 5.32 Å². The van der Waals surface area contributed by atoms with Gasteiger partial charge < -0.3 is 25.5 Å². The number of urea groups is 1. The quantitative estimate of drug-likeness (QED) is 0.533. The van der Waals surface area contributed by atoms with Crippen LogP contribution in [0.15, 0.2) is 0 Å². The summed E-state index contributed by atoms with van der Waals surface area (Å²) in [6, 6.07) is -1.84. The summed E-state index contributed by atoms with van der Waals surface area (Å²) in [5, 5.41) is 29.4. The second-order valence-corrected chi connectivity index (χ2v) is 4.94. The Balaban J connectivity index is 2.52. The van der Waals surface area contributed by atoms with Crippen LogP contribution in [0.2, 0.25) is 0 Å². The van der Waals surface area contributed by atoms with Crippen molar-refractivity contribution in [1.82, 2.24) is 10.2 Å². The molecule has 1 rings (SSSR count). The number of nitrogens with one attached hydrogen (secondary N) is 1. The highest BCUT2D eigenvalue weighted by Crippen LogP contribution is 2.20. The van der Waals surface area contributed by atoms with Gasteiger partial charge in [-0.3, -0.25) is 4.79 Å². The Morgan fingerprint density at radius 1 is 1.37 bits per heavy atom. The number of hydrogen-bond donors (Lipinski definition) is 4. The van der Waals surface area contributed by atoms with Crippen LogP contribution in [0.25, 0.3) is 0 Å². The fraction of sp³-hybridized carbons (Fsp3) is 0.727. The zero-order chi connectivity index (χ0) is 14.6. The number of carboxylic acid groups (broad SMARTS) is 2. The van der Waals surface area contributed by atoms with Gasteiger partial charge in [0, 0.05) is 13.0 Å². The van der Waals surface area contributed by atoms with Crippen molar-refractivity contribution in [2.24, 2.45) is 0 Å². The number of aliphatic carboxylic acids is 2. The first-order valence-electron chi connectivity index (χ1n) is 5.94. The zero-order valence-corrected chi connectivity index (χ0v) is 10.6. The van der Waals surface area contributed by atoms with Crippen LogP contribution in [-0.2, 0) is 9.59 Å². The smallest absolute Gasteiger partial charge is 0.326 e. The number of nitrogens with zero attached hydrogens (tertiary/aromatic N) is 1. The molecule has 0 bridgehead atoms. The summed E-state index contributed by atoms with van der Waals surface area (Å²) in [6.45, 7) is 2.06. The van der Waals surface area contributed by atoms with Crippen LogP contribution >= 0.6 is 0 Å². The molecule has 1 aliphatic rings. The van der Waals surface area contributed by atoms with Gasteiger partial charge in [-0.2, -0.15) is 0 Å². The summed E-state index contributed by atoms with van der Waals surface area (Å²) in [4.78, 5) is 34.4. The Bertz CT molecular complexity index is 381. The van der Waals surface area contributed by atoms with E-state index in [9.17, 15) is 19.5 Å². The molecule has 0 saturated carbocycles.